The minimum atomic E-state index is -0.847. The van der Waals surface area contributed by atoms with E-state index in [1.165, 1.54) is 13.2 Å². The van der Waals surface area contributed by atoms with Crippen LogP contribution in [0.5, 0.6) is 0 Å². The molecule has 0 radical (unpaired) electrons. The first kappa shape index (κ1) is 18.8. The van der Waals surface area contributed by atoms with Crippen LogP contribution in [0.3, 0.4) is 0 Å². The van der Waals surface area contributed by atoms with E-state index in [0.29, 0.717) is 12.3 Å². The first-order valence-electron chi connectivity index (χ1n) is 8.10. The van der Waals surface area contributed by atoms with Crippen LogP contribution in [0.25, 0.3) is 0 Å². The van der Waals surface area contributed by atoms with Crippen molar-refractivity contribution in [2.75, 3.05) is 20.2 Å². The van der Waals surface area contributed by atoms with Crippen LogP contribution in [0.4, 0.5) is 4.79 Å². The summed E-state index contributed by atoms with van der Waals surface area (Å²) in [7, 11) is 1.26. The van der Waals surface area contributed by atoms with Gasteiger partial charge in [0.05, 0.1) is 20.2 Å². The van der Waals surface area contributed by atoms with E-state index in [1.54, 1.807) is 6.07 Å². The molecule has 0 bridgehead atoms. The number of nitrogens with zero attached hydrogens (tertiary/aromatic N) is 1. The number of carbonyl (C=O) groups excluding carboxylic acids is 2. The molecular weight excluding hydrogens is 330 g/mol. The molecule has 0 atom stereocenters. The number of rotatable bonds is 8. The molecule has 25 heavy (non-hydrogen) atoms. The summed E-state index contributed by atoms with van der Waals surface area (Å²) in [6.07, 6.45) is 1.45. The molecule has 3 N–H and O–H groups in total. The molecule has 1 aromatic rings. The monoisotopic (exact) mass is 353 g/mol. The number of esters is 1. The standard InChI is InChI=1S/C16H23N3O6/c1-3-19(9-14(20)21)11-6-10(7-11)18-16(23)17-8-12-4-5-13(25-12)15(22)24-2/h4-5,10-11H,3,6-9H2,1-2H3,(H,20,21)(H2,17,18,23). The van der Waals surface area contributed by atoms with Crippen molar-refractivity contribution in [1.82, 2.24) is 15.5 Å². The predicted octanol–water partition coefficient (Wildman–Crippen LogP) is 0.803. The summed E-state index contributed by atoms with van der Waals surface area (Å²) in [6.45, 7) is 2.75. The zero-order valence-corrected chi connectivity index (χ0v) is 14.3. The average Bonchev–Trinajstić information content (AvgIpc) is 3.02. The number of amides is 2. The summed E-state index contributed by atoms with van der Waals surface area (Å²) < 4.78 is 9.79. The number of furan rings is 1. The molecule has 0 aromatic carbocycles. The van der Waals surface area contributed by atoms with Crippen LogP contribution in [-0.2, 0) is 16.1 Å². The van der Waals surface area contributed by atoms with Crippen LogP contribution >= 0.6 is 0 Å². The molecule has 0 aliphatic heterocycles. The maximum Gasteiger partial charge on any atom is 0.373 e. The van der Waals surface area contributed by atoms with Gasteiger partial charge in [-0.25, -0.2) is 9.59 Å². The number of likely N-dealkylation sites (N-methyl/N-ethyl adjacent to an activating group) is 1. The number of aliphatic carboxylic acids is 1. The van der Waals surface area contributed by atoms with Gasteiger partial charge in [0.2, 0.25) is 5.76 Å². The Morgan fingerprint density at radius 2 is 2.08 bits per heavy atom. The number of carboxylic acids is 1. The van der Waals surface area contributed by atoms with Gasteiger partial charge in [0.1, 0.15) is 5.76 Å². The third kappa shape index (κ3) is 5.21. The molecule has 1 aliphatic carbocycles. The van der Waals surface area contributed by atoms with Crippen molar-refractivity contribution in [2.45, 2.75) is 38.4 Å². The van der Waals surface area contributed by atoms with E-state index in [2.05, 4.69) is 15.4 Å². The summed E-state index contributed by atoms with van der Waals surface area (Å²) in [5, 5.41) is 14.4. The minimum absolute atomic E-state index is 0.0150. The summed E-state index contributed by atoms with van der Waals surface area (Å²) in [5.74, 6) is -0.890. The third-order valence-corrected chi connectivity index (χ3v) is 4.18. The minimum Gasteiger partial charge on any atom is -0.480 e. The molecule has 1 fully saturated rings. The maximum absolute atomic E-state index is 11.9. The lowest BCUT2D eigenvalue weighted by molar-refractivity contribution is -0.139. The van der Waals surface area contributed by atoms with Crippen LogP contribution in [0.2, 0.25) is 0 Å². The van der Waals surface area contributed by atoms with Gasteiger partial charge in [-0.3, -0.25) is 9.69 Å². The summed E-state index contributed by atoms with van der Waals surface area (Å²) in [4.78, 5) is 35.8. The number of urea groups is 1. The fourth-order valence-corrected chi connectivity index (χ4v) is 2.76. The van der Waals surface area contributed by atoms with E-state index in [9.17, 15) is 14.4 Å². The van der Waals surface area contributed by atoms with Crippen molar-refractivity contribution >= 4 is 18.0 Å². The van der Waals surface area contributed by atoms with Crippen molar-refractivity contribution < 1.29 is 28.6 Å². The molecule has 0 spiro atoms. The molecule has 2 rings (SSSR count). The molecule has 0 saturated heterocycles. The molecular formula is C16H23N3O6. The number of methoxy groups -OCH3 is 1. The number of nitrogens with one attached hydrogen (secondary N) is 2. The fraction of sp³-hybridized carbons (Fsp3) is 0.562. The summed E-state index contributed by atoms with van der Waals surface area (Å²) in [5.41, 5.74) is 0. The normalized spacial score (nSPS) is 19.2. The number of carbonyl (C=O) groups is 3. The zero-order valence-electron chi connectivity index (χ0n) is 14.3. The molecule has 1 heterocycles. The van der Waals surface area contributed by atoms with Crippen molar-refractivity contribution in [3.05, 3.63) is 23.7 Å². The van der Waals surface area contributed by atoms with E-state index in [1.807, 2.05) is 11.8 Å². The highest BCUT2D eigenvalue weighted by Crippen LogP contribution is 2.25. The fourth-order valence-electron chi connectivity index (χ4n) is 2.76. The molecule has 9 nitrogen and oxygen atoms in total. The van der Waals surface area contributed by atoms with Crippen molar-refractivity contribution in [3.63, 3.8) is 0 Å². The van der Waals surface area contributed by atoms with E-state index in [0.717, 1.165) is 12.8 Å². The number of hydrogen-bond donors (Lipinski definition) is 3. The number of ether oxygens (including phenoxy) is 1. The van der Waals surface area contributed by atoms with Gasteiger partial charge in [0.25, 0.3) is 0 Å². The SMILES string of the molecule is CCN(CC(=O)O)C1CC(NC(=O)NCc2ccc(C(=O)OC)o2)C1. The second-order valence-corrected chi connectivity index (χ2v) is 5.86. The van der Waals surface area contributed by atoms with Gasteiger partial charge in [-0.05, 0) is 31.5 Å². The van der Waals surface area contributed by atoms with Gasteiger partial charge in [-0.15, -0.1) is 0 Å². The first-order valence-corrected chi connectivity index (χ1v) is 8.10. The Hall–Kier alpha value is -2.55. The van der Waals surface area contributed by atoms with Crippen LogP contribution in [0.1, 0.15) is 36.1 Å². The average molecular weight is 353 g/mol. The van der Waals surface area contributed by atoms with Crippen LogP contribution < -0.4 is 10.6 Å². The predicted molar refractivity (Wildman–Crippen MR) is 87.1 cm³/mol. The lowest BCUT2D eigenvalue weighted by atomic mass is 9.85. The van der Waals surface area contributed by atoms with Crippen LogP contribution in [0, 0.1) is 0 Å². The Morgan fingerprint density at radius 3 is 2.68 bits per heavy atom. The van der Waals surface area contributed by atoms with E-state index < -0.39 is 11.9 Å². The van der Waals surface area contributed by atoms with Gasteiger partial charge >= 0.3 is 18.0 Å². The van der Waals surface area contributed by atoms with E-state index >= 15 is 0 Å². The Bertz CT molecular complexity index is 623. The third-order valence-electron chi connectivity index (χ3n) is 4.18. The Morgan fingerprint density at radius 1 is 1.36 bits per heavy atom. The molecule has 1 saturated carbocycles. The Balaban J connectivity index is 1.69. The molecule has 1 aromatic heterocycles. The summed E-state index contributed by atoms with van der Waals surface area (Å²) in [6, 6.07) is 2.95. The van der Waals surface area contributed by atoms with E-state index in [-0.39, 0.29) is 37.0 Å². The van der Waals surface area contributed by atoms with Crippen molar-refractivity contribution in [1.29, 1.82) is 0 Å². The molecule has 2 amide bonds. The lowest BCUT2D eigenvalue weighted by Crippen LogP contribution is -2.56. The highest BCUT2D eigenvalue weighted by atomic mass is 16.5. The molecule has 0 unspecified atom stereocenters. The summed E-state index contributed by atoms with van der Waals surface area (Å²) >= 11 is 0. The number of hydrogen-bond acceptors (Lipinski definition) is 6. The second-order valence-electron chi connectivity index (χ2n) is 5.86. The maximum atomic E-state index is 11.9. The molecule has 1 aliphatic rings. The highest BCUT2D eigenvalue weighted by Gasteiger charge is 2.34. The Kier molecular flexibility index (Phi) is 6.40. The van der Waals surface area contributed by atoms with Gasteiger partial charge in [0, 0.05) is 12.1 Å². The van der Waals surface area contributed by atoms with Crippen molar-refractivity contribution in [3.8, 4) is 0 Å². The van der Waals surface area contributed by atoms with E-state index in [4.69, 9.17) is 9.52 Å². The molecule has 9 heteroatoms. The van der Waals surface area contributed by atoms with Gasteiger partial charge in [0.15, 0.2) is 0 Å². The van der Waals surface area contributed by atoms with Gasteiger partial charge < -0.3 is 24.9 Å². The van der Waals surface area contributed by atoms with Gasteiger partial charge in [-0.2, -0.15) is 0 Å². The van der Waals surface area contributed by atoms with Crippen LogP contribution in [0.15, 0.2) is 16.5 Å². The zero-order chi connectivity index (χ0) is 18.4. The smallest absolute Gasteiger partial charge is 0.373 e. The number of carboxylic acid groups (broad SMARTS) is 1. The Labute approximate surface area is 145 Å². The van der Waals surface area contributed by atoms with Gasteiger partial charge in [-0.1, -0.05) is 6.92 Å². The second kappa shape index (κ2) is 8.52. The quantitative estimate of drug-likeness (QED) is 0.591. The molecule has 138 valence electrons. The highest BCUT2D eigenvalue weighted by molar-refractivity contribution is 5.86. The van der Waals surface area contributed by atoms with Crippen molar-refractivity contribution in [2.24, 2.45) is 0 Å². The largest absolute Gasteiger partial charge is 0.480 e. The lowest BCUT2D eigenvalue weighted by Gasteiger charge is -2.42. The van der Waals surface area contributed by atoms with Crippen LogP contribution in [-0.4, -0.2) is 60.3 Å². The first-order chi connectivity index (χ1) is 11.9. The topological polar surface area (TPSA) is 121 Å².